The quantitative estimate of drug-likeness (QED) is 0.361. The summed E-state index contributed by atoms with van der Waals surface area (Å²) in [7, 11) is 1.44. The zero-order valence-corrected chi connectivity index (χ0v) is 22.5. The third-order valence-electron chi connectivity index (χ3n) is 8.91. The first kappa shape index (κ1) is 25.2. The summed E-state index contributed by atoms with van der Waals surface area (Å²) in [6, 6.07) is 6.27. The number of carbonyl (C=O) groups is 2. The number of carbonyl (C=O) groups excluding carboxylic acids is 2. The van der Waals surface area contributed by atoms with Gasteiger partial charge in [-0.3, -0.25) is 9.59 Å². The number of aryl methyl sites for hydroxylation is 2. The Balaban J connectivity index is 1.41. The topological polar surface area (TPSA) is 69.4 Å². The van der Waals surface area contributed by atoms with Gasteiger partial charge in [-0.2, -0.15) is 0 Å². The van der Waals surface area contributed by atoms with Crippen molar-refractivity contribution < 1.29 is 18.8 Å². The molecular formula is C31H41NO4. The molecule has 0 radical (unpaired) electrons. The highest BCUT2D eigenvalue weighted by molar-refractivity contribution is 5.86. The summed E-state index contributed by atoms with van der Waals surface area (Å²) in [5.74, 6) is 2.94. The lowest BCUT2D eigenvalue weighted by atomic mass is 9.69. The minimum absolute atomic E-state index is 0.0769. The first-order valence-electron chi connectivity index (χ1n) is 13.9. The van der Waals surface area contributed by atoms with E-state index in [0.29, 0.717) is 31.1 Å². The number of hydrogen-bond acceptors (Lipinski definition) is 5. The number of esters is 1. The molecule has 1 aromatic carbocycles. The Morgan fingerprint density at radius 3 is 2.47 bits per heavy atom. The molecule has 5 rings (SSSR count). The molecule has 3 aliphatic carbocycles. The van der Waals surface area contributed by atoms with E-state index >= 15 is 0 Å². The molecule has 1 unspecified atom stereocenters. The van der Waals surface area contributed by atoms with Gasteiger partial charge in [-0.15, -0.1) is 0 Å². The van der Waals surface area contributed by atoms with Crippen LogP contribution in [0.5, 0.6) is 0 Å². The van der Waals surface area contributed by atoms with Crippen LogP contribution in [-0.4, -0.2) is 24.0 Å². The van der Waals surface area contributed by atoms with Gasteiger partial charge in [0.1, 0.15) is 11.5 Å². The molecule has 3 saturated carbocycles. The molecule has 0 aliphatic heterocycles. The lowest BCUT2D eigenvalue weighted by Crippen LogP contribution is -2.24. The molecule has 0 saturated heterocycles. The van der Waals surface area contributed by atoms with Crippen LogP contribution in [0, 0.1) is 37.5 Å². The number of aromatic nitrogens is 1. The zero-order chi connectivity index (χ0) is 25.6. The second kappa shape index (κ2) is 10.1. The summed E-state index contributed by atoms with van der Waals surface area (Å²) >= 11 is 0. The van der Waals surface area contributed by atoms with Crippen molar-refractivity contribution in [1.82, 2.24) is 5.16 Å². The molecule has 194 valence electrons. The molecule has 1 heterocycles. The van der Waals surface area contributed by atoms with Gasteiger partial charge in [-0.05, 0) is 87.7 Å². The maximum atomic E-state index is 13.7. The number of methoxy groups -OCH3 is 1. The maximum Gasteiger partial charge on any atom is 0.308 e. The Labute approximate surface area is 215 Å². The molecule has 0 N–H and O–H groups in total. The first-order chi connectivity index (χ1) is 17.2. The second-order valence-corrected chi connectivity index (χ2v) is 12.3. The van der Waals surface area contributed by atoms with Crippen molar-refractivity contribution in [2.24, 2.45) is 23.7 Å². The van der Waals surface area contributed by atoms with Gasteiger partial charge in [0.15, 0.2) is 0 Å². The zero-order valence-electron chi connectivity index (χ0n) is 22.5. The van der Waals surface area contributed by atoms with Crippen molar-refractivity contribution in [3.63, 3.8) is 0 Å². The maximum absolute atomic E-state index is 13.7. The summed E-state index contributed by atoms with van der Waals surface area (Å²) in [6.45, 7) is 8.73. The average Bonchev–Trinajstić information content (AvgIpc) is 3.40. The number of nitrogens with zero attached hydrogens (tertiary/aromatic N) is 1. The van der Waals surface area contributed by atoms with E-state index in [0.717, 1.165) is 47.3 Å². The van der Waals surface area contributed by atoms with E-state index < -0.39 is 0 Å². The lowest BCUT2D eigenvalue weighted by molar-refractivity contribution is -0.145. The molecule has 0 amide bonds. The molecule has 2 aromatic rings. The highest BCUT2D eigenvalue weighted by Crippen LogP contribution is 2.55. The SMILES string of the molecule is COC(=O)C1C[C@H](C(=O)Cc2ccc(C)cc2C)[C@@H](c2noc(C3CC(CC(C)C)C3)c2C2CC2)C1. The number of ketones is 1. The fourth-order valence-corrected chi connectivity index (χ4v) is 6.89. The average molecular weight is 492 g/mol. The van der Waals surface area contributed by atoms with Crippen LogP contribution in [0.25, 0.3) is 0 Å². The Morgan fingerprint density at radius 2 is 1.83 bits per heavy atom. The van der Waals surface area contributed by atoms with Crippen LogP contribution in [0.1, 0.15) is 110 Å². The van der Waals surface area contributed by atoms with Crippen LogP contribution >= 0.6 is 0 Å². The predicted octanol–water partition coefficient (Wildman–Crippen LogP) is 6.80. The van der Waals surface area contributed by atoms with Gasteiger partial charge in [-0.1, -0.05) is 42.8 Å². The van der Waals surface area contributed by atoms with E-state index in [-0.39, 0.29) is 29.5 Å². The highest BCUT2D eigenvalue weighted by atomic mass is 16.5. The van der Waals surface area contributed by atoms with Crippen LogP contribution in [0.3, 0.4) is 0 Å². The van der Waals surface area contributed by atoms with Crippen molar-refractivity contribution in [2.45, 2.75) is 96.8 Å². The largest absolute Gasteiger partial charge is 0.469 e. The molecule has 0 spiro atoms. The van der Waals surface area contributed by atoms with Crippen molar-refractivity contribution in [2.75, 3.05) is 7.11 Å². The molecule has 0 bridgehead atoms. The number of ether oxygens (including phenoxy) is 1. The number of Topliss-reactive ketones (excluding diaryl/α,β-unsaturated/α-hetero) is 1. The highest BCUT2D eigenvalue weighted by Gasteiger charge is 2.48. The Morgan fingerprint density at radius 1 is 1.08 bits per heavy atom. The standard InChI is InChI=1S/C31H41NO4/c1-17(2)10-20-12-23(13-20)30-28(21-8-9-21)29(32-36-30)26-15-24(31(34)35-5)14-25(26)27(33)16-22-7-6-18(3)11-19(22)4/h6-7,11,17,20-21,23-26H,8-10,12-16H2,1-5H3/t20?,23?,24?,25-,26-/m0/s1. The van der Waals surface area contributed by atoms with E-state index in [9.17, 15) is 9.59 Å². The molecule has 5 nitrogen and oxygen atoms in total. The van der Waals surface area contributed by atoms with Gasteiger partial charge in [0.05, 0.1) is 18.7 Å². The fraction of sp³-hybridized carbons (Fsp3) is 0.645. The number of benzene rings is 1. The van der Waals surface area contributed by atoms with Gasteiger partial charge >= 0.3 is 5.97 Å². The van der Waals surface area contributed by atoms with Crippen molar-refractivity contribution in [3.8, 4) is 0 Å². The normalized spacial score (nSPS) is 27.8. The van der Waals surface area contributed by atoms with Crippen LogP contribution in [0.4, 0.5) is 0 Å². The summed E-state index contributed by atoms with van der Waals surface area (Å²) in [4.78, 5) is 26.3. The fourth-order valence-electron chi connectivity index (χ4n) is 6.89. The monoisotopic (exact) mass is 491 g/mol. The smallest absolute Gasteiger partial charge is 0.308 e. The van der Waals surface area contributed by atoms with Crippen molar-refractivity contribution in [3.05, 3.63) is 51.9 Å². The van der Waals surface area contributed by atoms with E-state index in [2.05, 4.69) is 51.1 Å². The van der Waals surface area contributed by atoms with Crippen LogP contribution < -0.4 is 0 Å². The van der Waals surface area contributed by atoms with Gasteiger partial charge < -0.3 is 9.26 Å². The summed E-state index contributed by atoms with van der Waals surface area (Å²) < 4.78 is 11.2. The summed E-state index contributed by atoms with van der Waals surface area (Å²) in [5, 5.41) is 4.66. The van der Waals surface area contributed by atoms with Gasteiger partial charge in [0, 0.05) is 29.7 Å². The molecule has 5 heteroatoms. The van der Waals surface area contributed by atoms with Crippen molar-refractivity contribution >= 4 is 11.8 Å². The molecule has 36 heavy (non-hydrogen) atoms. The van der Waals surface area contributed by atoms with Crippen LogP contribution in [0.15, 0.2) is 22.7 Å². The van der Waals surface area contributed by atoms with Gasteiger partial charge in [-0.25, -0.2) is 0 Å². The van der Waals surface area contributed by atoms with E-state index in [1.807, 2.05) is 0 Å². The van der Waals surface area contributed by atoms with Crippen molar-refractivity contribution in [1.29, 1.82) is 0 Å². The summed E-state index contributed by atoms with van der Waals surface area (Å²) in [5.41, 5.74) is 5.66. The third kappa shape index (κ3) is 5.03. The predicted molar refractivity (Wildman–Crippen MR) is 139 cm³/mol. The van der Waals surface area contributed by atoms with Crippen LogP contribution in [-0.2, 0) is 20.7 Å². The second-order valence-electron chi connectivity index (χ2n) is 12.3. The lowest BCUT2D eigenvalue weighted by Gasteiger charge is -2.35. The number of hydrogen-bond donors (Lipinski definition) is 0. The van der Waals surface area contributed by atoms with E-state index in [1.165, 1.54) is 37.5 Å². The molecule has 3 fully saturated rings. The van der Waals surface area contributed by atoms with E-state index in [4.69, 9.17) is 9.26 Å². The molecule has 3 atom stereocenters. The Hall–Kier alpha value is -2.43. The van der Waals surface area contributed by atoms with Crippen LogP contribution in [0.2, 0.25) is 0 Å². The first-order valence-corrected chi connectivity index (χ1v) is 13.9. The minimum atomic E-state index is -0.264. The molecule has 3 aliphatic rings. The number of rotatable bonds is 9. The molecular weight excluding hydrogens is 450 g/mol. The van der Waals surface area contributed by atoms with Gasteiger partial charge in [0.2, 0.25) is 0 Å². The Bertz CT molecular complexity index is 1120. The summed E-state index contributed by atoms with van der Waals surface area (Å²) in [6.07, 6.45) is 7.50. The minimum Gasteiger partial charge on any atom is -0.469 e. The third-order valence-corrected chi connectivity index (χ3v) is 8.91. The van der Waals surface area contributed by atoms with E-state index in [1.54, 1.807) is 0 Å². The Kier molecular flexibility index (Phi) is 7.11. The molecule has 1 aromatic heterocycles. The van der Waals surface area contributed by atoms with Gasteiger partial charge in [0.25, 0.3) is 0 Å².